The van der Waals surface area contributed by atoms with Gasteiger partial charge in [0.05, 0.1) is 6.10 Å². The van der Waals surface area contributed by atoms with Crippen molar-refractivity contribution in [2.45, 2.75) is 12.2 Å². The summed E-state index contributed by atoms with van der Waals surface area (Å²) in [5, 5.41) is 19.1. The first-order chi connectivity index (χ1) is 6.54. The second-order valence-corrected chi connectivity index (χ2v) is 5.09. The van der Waals surface area contributed by atoms with Gasteiger partial charge in [-0.05, 0) is 23.8 Å². The van der Waals surface area contributed by atoms with Crippen molar-refractivity contribution in [3.63, 3.8) is 0 Å². The number of halogens is 2. The Hall–Kier alpha value is 0.450. The summed E-state index contributed by atoms with van der Waals surface area (Å²) >= 11 is 10.5. The largest absolute Gasteiger partial charge is 0.389 e. The number of thiol groups is 1. The zero-order chi connectivity index (χ0) is 10.7. The van der Waals surface area contributed by atoms with Crippen molar-refractivity contribution in [3.05, 3.63) is 32.7 Å². The molecule has 0 aliphatic heterocycles. The van der Waals surface area contributed by atoms with E-state index in [4.69, 9.17) is 0 Å². The normalized spacial score (nSPS) is 15.2. The smallest absolute Gasteiger partial charge is 0.106 e. The highest BCUT2D eigenvalue weighted by Gasteiger charge is 2.17. The van der Waals surface area contributed by atoms with Gasteiger partial charge in [0.15, 0.2) is 0 Å². The molecule has 1 aromatic rings. The van der Waals surface area contributed by atoms with E-state index in [1.54, 1.807) is 12.1 Å². The van der Waals surface area contributed by atoms with Gasteiger partial charge in [0, 0.05) is 14.7 Å². The Morgan fingerprint density at radius 1 is 1.14 bits per heavy atom. The molecular weight excluding hydrogens is 332 g/mol. The third-order valence-corrected chi connectivity index (χ3v) is 3.07. The van der Waals surface area contributed by atoms with E-state index in [0.29, 0.717) is 5.56 Å². The molecular formula is C9H10Br2O2S. The average Bonchev–Trinajstić information content (AvgIpc) is 2.14. The summed E-state index contributed by atoms with van der Waals surface area (Å²) in [6, 6.07) is 5.40. The molecule has 2 N–H and O–H groups in total. The molecule has 2 unspecified atom stereocenters. The van der Waals surface area contributed by atoms with Gasteiger partial charge in [-0.15, -0.1) is 0 Å². The molecule has 1 rings (SSSR count). The summed E-state index contributed by atoms with van der Waals surface area (Å²) in [6.07, 6.45) is -1.75. The molecule has 0 aliphatic rings. The van der Waals surface area contributed by atoms with E-state index >= 15 is 0 Å². The van der Waals surface area contributed by atoms with Crippen LogP contribution in [0.4, 0.5) is 0 Å². The highest BCUT2D eigenvalue weighted by atomic mass is 79.9. The molecule has 0 saturated carbocycles. The van der Waals surface area contributed by atoms with E-state index in [9.17, 15) is 10.2 Å². The van der Waals surface area contributed by atoms with E-state index < -0.39 is 12.2 Å². The lowest BCUT2D eigenvalue weighted by Crippen LogP contribution is -2.19. The molecule has 78 valence electrons. The first kappa shape index (κ1) is 12.5. The monoisotopic (exact) mass is 340 g/mol. The molecule has 0 spiro atoms. The Morgan fingerprint density at radius 2 is 1.64 bits per heavy atom. The summed E-state index contributed by atoms with van der Waals surface area (Å²) in [5.74, 6) is 0.227. The molecule has 2 atom stereocenters. The van der Waals surface area contributed by atoms with E-state index in [0.717, 1.165) is 8.95 Å². The fraction of sp³-hybridized carbons (Fsp3) is 0.333. The highest BCUT2D eigenvalue weighted by molar-refractivity contribution is 9.11. The maximum atomic E-state index is 9.70. The van der Waals surface area contributed by atoms with Crippen LogP contribution in [-0.2, 0) is 0 Å². The molecule has 0 heterocycles. The fourth-order valence-corrected chi connectivity index (χ4v) is 2.60. The predicted molar refractivity (Wildman–Crippen MR) is 66.7 cm³/mol. The van der Waals surface area contributed by atoms with Crippen molar-refractivity contribution in [2.75, 3.05) is 5.75 Å². The summed E-state index contributed by atoms with van der Waals surface area (Å²) in [6.45, 7) is 0. The number of hydrogen-bond donors (Lipinski definition) is 3. The van der Waals surface area contributed by atoms with Crippen molar-refractivity contribution in [3.8, 4) is 0 Å². The van der Waals surface area contributed by atoms with Gasteiger partial charge in [-0.1, -0.05) is 31.9 Å². The van der Waals surface area contributed by atoms with Crippen LogP contribution in [0.1, 0.15) is 11.7 Å². The van der Waals surface area contributed by atoms with Gasteiger partial charge in [-0.3, -0.25) is 0 Å². The minimum Gasteiger partial charge on any atom is -0.389 e. The van der Waals surface area contributed by atoms with Crippen LogP contribution >= 0.6 is 44.5 Å². The Morgan fingerprint density at radius 3 is 2.07 bits per heavy atom. The van der Waals surface area contributed by atoms with Crippen molar-refractivity contribution < 1.29 is 10.2 Å². The summed E-state index contributed by atoms with van der Waals surface area (Å²) in [4.78, 5) is 0. The van der Waals surface area contributed by atoms with Gasteiger partial charge < -0.3 is 10.2 Å². The molecule has 14 heavy (non-hydrogen) atoms. The van der Waals surface area contributed by atoms with Crippen LogP contribution in [0.5, 0.6) is 0 Å². The molecule has 0 aliphatic carbocycles. The molecule has 0 saturated heterocycles. The maximum absolute atomic E-state index is 9.70. The first-order valence-corrected chi connectivity index (χ1v) is 6.19. The zero-order valence-electron chi connectivity index (χ0n) is 7.19. The maximum Gasteiger partial charge on any atom is 0.106 e. The van der Waals surface area contributed by atoms with E-state index in [1.165, 1.54) is 0 Å². The van der Waals surface area contributed by atoms with Crippen LogP contribution < -0.4 is 0 Å². The molecule has 0 fully saturated rings. The molecule has 2 nitrogen and oxygen atoms in total. The SMILES string of the molecule is OC(CS)C(O)c1cc(Br)cc(Br)c1. The van der Waals surface area contributed by atoms with E-state index in [1.807, 2.05) is 6.07 Å². The second-order valence-electron chi connectivity index (χ2n) is 2.90. The summed E-state index contributed by atoms with van der Waals surface area (Å²) in [7, 11) is 0. The summed E-state index contributed by atoms with van der Waals surface area (Å²) in [5.41, 5.74) is 0.660. The lowest BCUT2D eigenvalue weighted by atomic mass is 10.1. The molecule has 1 aromatic carbocycles. The van der Waals surface area contributed by atoms with Gasteiger partial charge in [-0.2, -0.15) is 12.6 Å². The number of rotatable bonds is 3. The Balaban J connectivity index is 2.94. The topological polar surface area (TPSA) is 40.5 Å². The standard InChI is InChI=1S/C9H10Br2O2S/c10-6-1-5(2-7(11)3-6)9(13)8(12)4-14/h1-3,8-9,12-14H,4H2. The Kier molecular flexibility index (Phi) is 4.93. The zero-order valence-corrected chi connectivity index (χ0v) is 11.3. The minimum absolute atomic E-state index is 0.227. The number of hydrogen-bond acceptors (Lipinski definition) is 3. The molecule has 5 heteroatoms. The van der Waals surface area contributed by atoms with Gasteiger partial charge in [0.1, 0.15) is 6.10 Å². The molecule has 0 amide bonds. The van der Waals surface area contributed by atoms with Crippen LogP contribution in [0.15, 0.2) is 27.1 Å². The fourth-order valence-electron chi connectivity index (χ4n) is 1.07. The Labute approximate surface area is 105 Å². The van der Waals surface area contributed by atoms with Gasteiger partial charge in [0.2, 0.25) is 0 Å². The van der Waals surface area contributed by atoms with Gasteiger partial charge in [0.25, 0.3) is 0 Å². The van der Waals surface area contributed by atoms with Crippen LogP contribution in [-0.4, -0.2) is 22.1 Å². The lowest BCUT2D eigenvalue weighted by Gasteiger charge is -2.16. The Bertz CT molecular complexity index is 299. The van der Waals surface area contributed by atoms with Gasteiger partial charge in [-0.25, -0.2) is 0 Å². The first-order valence-electron chi connectivity index (χ1n) is 3.97. The lowest BCUT2D eigenvalue weighted by molar-refractivity contribution is 0.0337. The average molecular weight is 342 g/mol. The summed E-state index contributed by atoms with van der Waals surface area (Å²) < 4.78 is 1.71. The third kappa shape index (κ3) is 3.24. The highest BCUT2D eigenvalue weighted by Crippen LogP contribution is 2.26. The molecule has 0 radical (unpaired) electrons. The molecule has 0 bridgehead atoms. The van der Waals surface area contributed by atoms with Crippen LogP contribution in [0.25, 0.3) is 0 Å². The van der Waals surface area contributed by atoms with E-state index in [2.05, 4.69) is 44.5 Å². The number of aliphatic hydroxyl groups is 2. The van der Waals surface area contributed by atoms with Crippen molar-refractivity contribution in [1.82, 2.24) is 0 Å². The van der Waals surface area contributed by atoms with Crippen LogP contribution in [0.2, 0.25) is 0 Å². The second kappa shape index (κ2) is 5.51. The quantitative estimate of drug-likeness (QED) is 0.739. The van der Waals surface area contributed by atoms with Gasteiger partial charge >= 0.3 is 0 Å². The minimum atomic E-state index is -0.902. The van der Waals surface area contributed by atoms with Crippen LogP contribution in [0.3, 0.4) is 0 Å². The van der Waals surface area contributed by atoms with E-state index in [-0.39, 0.29) is 5.75 Å². The molecule has 0 aromatic heterocycles. The van der Waals surface area contributed by atoms with Crippen LogP contribution in [0, 0.1) is 0 Å². The van der Waals surface area contributed by atoms with Crippen molar-refractivity contribution >= 4 is 44.5 Å². The third-order valence-electron chi connectivity index (χ3n) is 1.78. The number of benzene rings is 1. The predicted octanol–water partition coefficient (Wildman–Crippen LogP) is 2.54. The van der Waals surface area contributed by atoms with Crippen molar-refractivity contribution in [2.24, 2.45) is 0 Å². The number of aliphatic hydroxyl groups excluding tert-OH is 2. The van der Waals surface area contributed by atoms with Crippen molar-refractivity contribution in [1.29, 1.82) is 0 Å².